The van der Waals surface area contributed by atoms with Crippen molar-refractivity contribution in [1.82, 2.24) is 9.88 Å². The van der Waals surface area contributed by atoms with Gasteiger partial charge >= 0.3 is 0 Å². The number of pyridine rings is 1. The van der Waals surface area contributed by atoms with Crippen LogP contribution in [0, 0.1) is 0 Å². The van der Waals surface area contributed by atoms with E-state index in [1.54, 1.807) is 18.5 Å². The zero-order valence-electron chi connectivity index (χ0n) is 10.1. The van der Waals surface area contributed by atoms with Crippen molar-refractivity contribution < 1.29 is 9.84 Å². The molecule has 0 aliphatic carbocycles. The van der Waals surface area contributed by atoms with Crippen LogP contribution >= 0.6 is 0 Å². The van der Waals surface area contributed by atoms with Crippen molar-refractivity contribution in [2.24, 2.45) is 0 Å². The Hall–Kier alpha value is -1.13. The molecule has 17 heavy (non-hydrogen) atoms. The Morgan fingerprint density at radius 3 is 2.88 bits per heavy atom. The Labute approximate surface area is 102 Å². The molecule has 0 atom stereocenters. The summed E-state index contributed by atoms with van der Waals surface area (Å²) in [5, 5.41) is 9.15. The molecular weight excluding hydrogens is 216 g/mol. The molecule has 0 saturated carbocycles. The Balaban J connectivity index is 1.77. The van der Waals surface area contributed by atoms with E-state index in [2.05, 4.69) is 9.88 Å². The van der Waals surface area contributed by atoms with Crippen molar-refractivity contribution in [3.8, 4) is 5.75 Å². The molecule has 0 radical (unpaired) electrons. The van der Waals surface area contributed by atoms with E-state index in [1.807, 2.05) is 0 Å². The molecule has 1 aliphatic heterocycles. The molecule has 0 unspecified atom stereocenters. The van der Waals surface area contributed by atoms with Crippen LogP contribution in [0.4, 0.5) is 0 Å². The molecule has 0 amide bonds. The lowest BCUT2D eigenvalue weighted by atomic mass is 10.1. The average Bonchev–Trinajstić information content (AvgIpc) is 2.40. The highest BCUT2D eigenvalue weighted by Crippen LogP contribution is 2.16. The maximum Gasteiger partial charge on any atom is 0.143 e. The third-order valence-electron chi connectivity index (χ3n) is 3.15. The van der Waals surface area contributed by atoms with E-state index < -0.39 is 0 Å². The molecule has 1 N–H and O–H groups in total. The van der Waals surface area contributed by atoms with Gasteiger partial charge in [-0.05, 0) is 32.0 Å². The van der Waals surface area contributed by atoms with Crippen LogP contribution in [0.15, 0.2) is 18.5 Å². The van der Waals surface area contributed by atoms with Crippen molar-refractivity contribution in [3.63, 3.8) is 0 Å². The van der Waals surface area contributed by atoms with Crippen LogP contribution in [-0.2, 0) is 6.61 Å². The van der Waals surface area contributed by atoms with Crippen LogP contribution in [0.1, 0.15) is 24.8 Å². The van der Waals surface area contributed by atoms with E-state index in [0.29, 0.717) is 12.4 Å². The van der Waals surface area contributed by atoms with Crippen LogP contribution in [0.5, 0.6) is 5.75 Å². The van der Waals surface area contributed by atoms with Crippen LogP contribution in [0.25, 0.3) is 0 Å². The fourth-order valence-corrected chi connectivity index (χ4v) is 2.14. The van der Waals surface area contributed by atoms with E-state index in [4.69, 9.17) is 9.84 Å². The normalized spacial score (nSPS) is 17.0. The number of piperidine rings is 1. The molecule has 2 heterocycles. The number of aromatic nitrogens is 1. The Kier molecular flexibility index (Phi) is 4.76. The number of aliphatic hydroxyl groups excluding tert-OH is 1. The predicted molar refractivity (Wildman–Crippen MR) is 65.9 cm³/mol. The molecule has 1 fully saturated rings. The van der Waals surface area contributed by atoms with Crippen molar-refractivity contribution in [2.75, 3.05) is 26.2 Å². The summed E-state index contributed by atoms with van der Waals surface area (Å²) in [6.45, 7) is 3.99. The van der Waals surface area contributed by atoms with Crippen LogP contribution in [0.2, 0.25) is 0 Å². The lowest BCUT2D eigenvalue weighted by molar-refractivity contribution is 0.180. The van der Waals surface area contributed by atoms with E-state index in [-0.39, 0.29) is 6.61 Å². The molecule has 1 aliphatic rings. The fraction of sp³-hybridized carbons (Fsp3) is 0.615. The van der Waals surface area contributed by atoms with Gasteiger partial charge in [-0.15, -0.1) is 0 Å². The largest absolute Gasteiger partial charge is 0.490 e. The summed E-state index contributed by atoms with van der Waals surface area (Å²) in [5.41, 5.74) is 0.804. The van der Waals surface area contributed by atoms with Gasteiger partial charge in [-0.25, -0.2) is 0 Å². The molecule has 0 spiro atoms. The average molecular weight is 236 g/mol. The first kappa shape index (κ1) is 12.3. The van der Waals surface area contributed by atoms with Crippen LogP contribution in [0.3, 0.4) is 0 Å². The second-order valence-electron chi connectivity index (χ2n) is 4.39. The molecule has 1 aromatic rings. The number of nitrogens with zero attached hydrogens (tertiary/aromatic N) is 2. The second kappa shape index (κ2) is 6.57. The SMILES string of the molecule is OCc1ccncc1OCCN1CCCCC1. The van der Waals surface area contributed by atoms with Gasteiger partial charge in [0.1, 0.15) is 12.4 Å². The summed E-state index contributed by atoms with van der Waals surface area (Å²) in [7, 11) is 0. The predicted octanol–water partition coefficient (Wildman–Crippen LogP) is 1.44. The minimum absolute atomic E-state index is 0.00156. The number of aliphatic hydroxyl groups is 1. The van der Waals surface area contributed by atoms with Crippen molar-refractivity contribution in [2.45, 2.75) is 25.9 Å². The minimum Gasteiger partial charge on any atom is -0.490 e. The summed E-state index contributed by atoms with van der Waals surface area (Å²) < 4.78 is 5.67. The van der Waals surface area contributed by atoms with Gasteiger partial charge in [-0.1, -0.05) is 6.42 Å². The van der Waals surface area contributed by atoms with Crippen molar-refractivity contribution in [3.05, 3.63) is 24.0 Å². The van der Waals surface area contributed by atoms with E-state index in [0.717, 1.165) is 12.1 Å². The second-order valence-corrected chi connectivity index (χ2v) is 4.39. The van der Waals surface area contributed by atoms with Gasteiger partial charge in [0.05, 0.1) is 12.8 Å². The van der Waals surface area contributed by atoms with Gasteiger partial charge in [0, 0.05) is 18.3 Å². The fourth-order valence-electron chi connectivity index (χ4n) is 2.14. The topological polar surface area (TPSA) is 45.6 Å². The van der Waals surface area contributed by atoms with Crippen molar-refractivity contribution in [1.29, 1.82) is 0 Å². The molecule has 1 saturated heterocycles. The lowest BCUT2D eigenvalue weighted by Gasteiger charge is -2.26. The van der Waals surface area contributed by atoms with E-state index in [1.165, 1.54) is 32.4 Å². The number of hydrogen-bond donors (Lipinski definition) is 1. The molecule has 0 bridgehead atoms. The highest BCUT2D eigenvalue weighted by atomic mass is 16.5. The lowest BCUT2D eigenvalue weighted by Crippen LogP contribution is -2.33. The van der Waals surface area contributed by atoms with Gasteiger partial charge in [-0.2, -0.15) is 0 Å². The first-order chi connectivity index (χ1) is 8.40. The zero-order chi connectivity index (χ0) is 11.9. The number of hydrogen-bond acceptors (Lipinski definition) is 4. The highest BCUT2D eigenvalue weighted by Gasteiger charge is 2.10. The maximum absolute atomic E-state index is 9.15. The van der Waals surface area contributed by atoms with Gasteiger partial charge in [-0.3, -0.25) is 9.88 Å². The molecule has 0 aromatic carbocycles. The monoisotopic (exact) mass is 236 g/mol. The van der Waals surface area contributed by atoms with Gasteiger partial charge in [0.25, 0.3) is 0 Å². The standard InChI is InChI=1S/C13H20N2O2/c16-11-12-4-5-14-10-13(12)17-9-8-15-6-2-1-3-7-15/h4-5,10,16H,1-3,6-9,11H2. The molecule has 4 heteroatoms. The molecule has 4 nitrogen and oxygen atoms in total. The summed E-state index contributed by atoms with van der Waals surface area (Å²) in [6, 6.07) is 1.79. The van der Waals surface area contributed by atoms with E-state index >= 15 is 0 Å². The Morgan fingerprint density at radius 2 is 2.12 bits per heavy atom. The van der Waals surface area contributed by atoms with Crippen LogP contribution in [-0.4, -0.2) is 41.2 Å². The Morgan fingerprint density at radius 1 is 1.29 bits per heavy atom. The summed E-state index contributed by atoms with van der Waals surface area (Å²) in [4.78, 5) is 6.44. The smallest absolute Gasteiger partial charge is 0.143 e. The number of rotatable bonds is 5. The summed E-state index contributed by atoms with van der Waals surface area (Å²) in [5.74, 6) is 0.701. The zero-order valence-corrected chi connectivity index (χ0v) is 10.1. The molecule has 1 aromatic heterocycles. The first-order valence-corrected chi connectivity index (χ1v) is 6.29. The first-order valence-electron chi connectivity index (χ1n) is 6.29. The van der Waals surface area contributed by atoms with E-state index in [9.17, 15) is 0 Å². The van der Waals surface area contributed by atoms with Crippen LogP contribution < -0.4 is 4.74 Å². The number of ether oxygens (including phenoxy) is 1. The summed E-state index contributed by atoms with van der Waals surface area (Å²) in [6.07, 6.45) is 7.29. The van der Waals surface area contributed by atoms with Gasteiger partial charge in [0.2, 0.25) is 0 Å². The van der Waals surface area contributed by atoms with Gasteiger partial charge < -0.3 is 9.84 Å². The maximum atomic E-state index is 9.15. The molecular formula is C13H20N2O2. The highest BCUT2D eigenvalue weighted by molar-refractivity contribution is 5.28. The third kappa shape index (κ3) is 3.68. The molecule has 94 valence electrons. The van der Waals surface area contributed by atoms with Crippen molar-refractivity contribution >= 4 is 0 Å². The van der Waals surface area contributed by atoms with Gasteiger partial charge in [0.15, 0.2) is 0 Å². The Bertz CT molecular complexity index is 338. The third-order valence-corrected chi connectivity index (χ3v) is 3.15. The number of likely N-dealkylation sites (tertiary alicyclic amines) is 1. The minimum atomic E-state index is 0.00156. The quantitative estimate of drug-likeness (QED) is 0.840. The molecule has 2 rings (SSSR count). The summed E-state index contributed by atoms with van der Waals surface area (Å²) >= 11 is 0.